The SMILES string of the molecule is C=C(CC)C(=O)c1ccc(OCC(=O)Nc2ccc(/C=C/C(=O)NO)cc2)c(Cl)c1Cl. The molecule has 0 unspecified atom stereocenters. The van der Waals surface area contributed by atoms with Gasteiger partial charge in [-0.1, -0.05) is 48.8 Å². The van der Waals surface area contributed by atoms with Crippen molar-refractivity contribution >= 4 is 52.6 Å². The summed E-state index contributed by atoms with van der Waals surface area (Å²) in [5.41, 5.74) is 3.33. The van der Waals surface area contributed by atoms with Gasteiger partial charge in [0.15, 0.2) is 12.4 Å². The molecule has 0 aromatic heterocycles. The summed E-state index contributed by atoms with van der Waals surface area (Å²) in [4.78, 5) is 35.4. The number of Topliss-reactive ketones (excluding diaryl/α,β-unsaturated/α-hetero) is 1. The lowest BCUT2D eigenvalue weighted by atomic mass is 10.0. The first-order valence-corrected chi connectivity index (χ1v) is 9.87. The smallest absolute Gasteiger partial charge is 0.267 e. The molecular formula is C22H20Cl2N2O5. The van der Waals surface area contributed by atoms with Crippen LogP contribution in [0.3, 0.4) is 0 Å². The molecule has 0 aliphatic heterocycles. The Morgan fingerprint density at radius 2 is 1.77 bits per heavy atom. The molecule has 2 aromatic rings. The number of hydrogen-bond donors (Lipinski definition) is 3. The van der Waals surface area contributed by atoms with Crippen LogP contribution in [0.1, 0.15) is 29.3 Å². The Balaban J connectivity index is 1.97. The first-order valence-electron chi connectivity index (χ1n) is 9.12. The zero-order chi connectivity index (χ0) is 23.0. The second-order valence-electron chi connectivity index (χ2n) is 6.29. The quantitative estimate of drug-likeness (QED) is 0.217. The molecule has 0 spiro atoms. The molecule has 9 heteroatoms. The van der Waals surface area contributed by atoms with Crippen LogP contribution in [0.2, 0.25) is 10.0 Å². The molecule has 2 rings (SSSR count). The van der Waals surface area contributed by atoms with Gasteiger partial charge in [0.1, 0.15) is 10.8 Å². The van der Waals surface area contributed by atoms with Crippen LogP contribution in [0.4, 0.5) is 5.69 Å². The van der Waals surface area contributed by atoms with Crippen molar-refractivity contribution in [1.29, 1.82) is 0 Å². The van der Waals surface area contributed by atoms with Crippen LogP contribution < -0.4 is 15.5 Å². The van der Waals surface area contributed by atoms with Gasteiger partial charge in [0.05, 0.1) is 5.02 Å². The molecule has 0 bridgehead atoms. The van der Waals surface area contributed by atoms with Gasteiger partial charge in [0.2, 0.25) is 0 Å². The third-order valence-electron chi connectivity index (χ3n) is 4.13. The minimum absolute atomic E-state index is 0.0345. The largest absolute Gasteiger partial charge is 0.482 e. The number of hydrogen-bond acceptors (Lipinski definition) is 5. The predicted octanol–water partition coefficient (Wildman–Crippen LogP) is 4.68. The first-order chi connectivity index (χ1) is 14.8. The maximum absolute atomic E-state index is 12.3. The summed E-state index contributed by atoms with van der Waals surface area (Å²) in [6, 6.07) is 9.58. The highest BCUT2D eigenvalue weighted by molar-refractivity contribution is 6.45. The number of anilines is 1. The molecule has 0 atom stereocenters. The van der Waals surface area contributed by atoms with Crippen molar-refractivity contribution in [2.45, 2.75) is 13.3 Å². The predicted molar refractivity (Wildman–Crippen MR) is 120 cm³/mol. The van der Waals surface area contributed by atoms with Gasteiger partial charge in [0, 0.05) is 17.3 Å². The Bertz CT molecular complexity index is 1030. The fourth-order valence-electron chi connectivity index (χ4n) is 2.40. The van der Waals surface area contributed by atoms with Crippen molar-refractivity contribution in [3.05, 3.63) is 75.8 Å². The van der Waals surface area contributed by atoms with E-state index in [0.717, 1.165) is 6.08 Å². The van der Waals surface area contributed by atoms with Crippen molar-refractivity contribution in [2.75, 3.05) is 11.9 Å². The van der Waals surface area contributed by atoms with Crippen LogP contribution in [0.25, 0.3) is 6.08 Å². The second-order valence-corrected chi connectivity index (χ2v) is 7.05. The zero-order valence-corrected chi connectivity index (χ0v) is 18.1. The minimum Gasteiger partial charge on any atom is -0.482 e. The second kappa shape index (κ2) is 11.3. The standard InChI is InChI=1S/C22H20Cl2N2O5/c1-3-13(2)22(29)16-9-10-17(21(24)20(16)23)31-12-19(28)25-15-7-4-14(5-8-15)6-11-18(27)26-30/h4-11,30H,2-3,12H2,1H3,(H,25,28)(H,26,27)/b11-6+. The maximum atomic E-state index is 12.3. The number of benzene rings is 2. The van der Waals surface area contributed by atoms with Gasteiger partial charge < -0.3 is 10.1 Å². The van der Waals surface area contributed by atoms with E-state index in [1.165, 1.54) is 23.7 Å². The summed E-state index contributed by atoms with van der Waals surface area (Å²) in [6.07, 6.45) is 3.14. The van der Waals surface area contributed by atoms with Crippen LogP contribution in [0.5, 0.6) is 5.75 Å². The molecule has 0 radical (unpaired) electrons. The highest BCUT2D eigenvalue weighted by atomic mass is 35.5. The van der Waals surface area contributed by atoms with Gasteiger partial charge in [-0.2, -0.15) is 0 Å². The van der Waals surface area contributed by atoms with Gasteiger partial charge in [-0.15, -0.1) is 0 Å². The Morgan fingerprint density at radius 3 is 2.39 bits per heavy atom. The van der Waals surface area contributed by atoms with Gasteiger partial charge in [-0.25, -0.2) is 5.48 Å². The molecule has 2 amide bonds. The Kier molecular flexibility index (Phi) is 8.81. The summed E-state index contributed by atoms with van der Waals surface area (Å²) in [5, 5.41) is 11.2. The lowest BCUT2D eigenvalue weighted by Crippen LogP contribution is -2.20. The number of allylic oxidation sites excluding steroid dienone is 1. The van der Waals surface area contributed by atoms with E-state index in [4.69, 9.17) is 33.1 Å². The van der Waals surface area contributed by atoms with Crippen LogP contribution in [0.15, 0.2) is 54.6 Å². The normalized spacial score (nSPS) is 10.6. The molecule has 0 aliphatic carbocycles. The lowest BCUT2D eigenvalue weighted by molar-refractivity contribution is -0.124. The summed E-state index contributed by atoms with van der Waals surface area (Å²) in [6.45, 7) is 5.18. The van der Waals surface area contributed by atoms with E-state index >= 15 is 0 Å². The summed E-state index contributed by atoms with van der Waals surface area (Å²) in [5.74, 6) is -1.22. The highest BCUT2D eigenvalue weighted by Crippen LogP contribution is 2.35. The molecule has 0 saturated heterocycles. The topological polar surface area (TPSA) is 105 Å². The summed E-state index contributed by atoms with van der Waals surface area (Å²) >= 11 is 12.4. The van der Waals surface area contributed by atoms with Crippen molar-refractivity contribution in [3.8, 4) is 5.75 Å². The van der Waals surface area contributed by atoms with E-state index in [1.807, 2.05) is 6.92 Å². The summed E-state index contributed by atoms with van der Waals surface area (Å²) in [7, 11) is 0. The molecule has 2 aromatic carbocycles. The van der Waals surface area contributed by atoms with E-state index in [-0.39, 0.29) is 33.7 Å². The van der Waals surface area contributed by atoms with E-state index in [1.54, 1.807) is 24.3 Å². The highest BCUT2D eigenvalue weighted by Gasteiger charge is 2.18. The zero-order valence-electron chi connectivity index (χ0n) is 16.6. The van der Waals surface area contributed by atoms with E-state index in [9.17, 15) is 14.4 Å². The van der Waals surface area contributed by atoms with E-state index in [2.05, 4.69) is 11.9 Å². The third kappa shape index (κ3) is 6.68. The number of carbonyl (C=O) groups excluding carboxylic acids is 3. The maximum Gasteiger partial charge on any atom is 0.267 e. The first kappa shape index (κ1) is 24.1. The van der Waals surface area contributed by atoms with E-state index < -0.39 is 11.8 Å². The minimum atomic E-state index is -0.652. The van der Waals surface area contributed by atoms with Crippen molar-refractivity contribution in [3.63, 3.8) is 0 Å². The fourth-order valence-corrected chi connectivity index (χ4v) is 2.86. The van der Waals surface area contributed by atoms with Crippen molar-refractivity contribution in [2.24, 2.45) is 0 Å². The van der Waals surface area contributed by atoms with Crippen LogP contribution in [0, 0.1) is 0 Å². The van der Waals surface area contributed by atoms with Crippen molar-refractivity contribution < 1.29 is 24.3 Å². The number of halogens is 2. The van der Waals surface area contributed by atoms with Gasteiger partial charge in [-0.3, -0.25) is 19.6 Å². The van der Waals surface area contributed by atoms with Crippen LogP contribution in [-0.2, 0) is 9.59 Å². The average molecular weight is 463 g/mol. The Hall–Kier alpha value is -3.13. The summed E-state index contributed by atoms with van der Waals surface area (Å²) < 4.78 is 5.43. The molecule has 31 heavy (non-hydrogen) atoms. The number of ketones is 1. The van der Waals surface area contributed by atoms with Gasteiger partial charge >= 0.3 is 0 Å². The molecule has 162 valence electrons. The molecule has 0 saturated carbocycles. The number of ether oxygens (including phenoxy) is 1. The lowest BCUT2D eigenvalue weighted by Gasteiger charge is -2.12. The van der Waals surface area contributed by atoms with Crippen molar-refractivity contribution in [1.82, 2.24) is 5.48 Å². The fraction of sp³-hybridized carbons (Fsp3) is 0.136. The molecule has 0 aliphatic rings. The number of hydroxylamine groups is 1. The Labute approximate surface area is 189 Å². The van der Waals surface area contributed by atoms with Gasteiger partial charge in [-0.05, 0) is 47.9 Å². The third-order valence-corrected chi connectivity index (χ3v) is 4.99. The van der Waals surface area contributed by atoms with Crippen LogP contribution >= 0.6 is 23.2 Å². The average Bonchev–Trinajstić information content (AvgIpc) is 2.78. The molecule has 7 nitrogen and oxygen atoms in total. The molecule has 3 N–H and O–H groups in total. The Morgan fingerprint density at radius 1 is 1.10 bits per heavy atom. The van der Waals surface area contributed by atoms with Crippen LogP contribution in [-0.4, -0.2) is 29.4 Å². The van der Waals surface area contributed by atoms with E-state index in [0.29, 0.717) is 23.2 Å². The number of nitrogens with one attached hydrogen (secondary N) is 2. The number of carbonyl (C=O) groups is 3. The molecular weight excluding hydrogens is 443 g/mol. The number of rotatable bonds is 9. The molecule has 0 fully saturated rings. The molecule has 0 heterocycles. The monoisotopic (exact) mass is 462 g/mol. The van der Waals surface area contributed by atoms with Gasteiger partial charge in [0.25, 0.3) is 11.8 Å². The number of amides is 2.